The van der Waals surface area contributed by atoms with Crippen molar-refractivity contribution < 1.29 is 0 Å². The molecule has 1 aromatic carbocycles. The largest absolute Gasteiger partial charge is 0.0841 e. The number of rotatable bonds is 2. The first-order valence-corrected chi connectivity index (χ1v) is 4.07. The average molecular weight is 173 g/mol. The second kappa shape index (κ2) is 4.33. The van der Waals surface area contributed by atoms with E-state index in [1.807, 2.05) is 44.2 Å². The van der Waals surface area contributed by atoms with E-state index in [0.29, 0.717) is 5.69 Å². The minimum Gasteiger partial charge on any atom is -0.0841 e. The lowest BCUT2D eigenvalue weighted by atomic mass is 10.1. The van der Waals surface area contributed by atoms with Gasteiger partial charge in [-0.25, -0.2) is 0 Å². The molecule has 1 aromatic rings. The zero-order valence-corrected chi connectivity index (χ0v) is 7.73. The minimum absolute atomic E-state index is 0.681. The summed E-state index contributed by atoms with van der Waals surface area (Å²) in [7, 11) is 0. The number of azide groups is 1. The van der Waals surface area contributed by atoms with Gasteiger partial charge in [-0.3, -0.25) is 0 Å². The van der Waals surface area contributed by atoms with Crippen molar-refractivity contribution in [2.75, 3.05) is 0 Å². The first kappa shape index (κ1) is 9.36. The van der Waals surface area contributed by atoms with Gasteiger partial charge in [-0.15, -0.1) is 0 Å². The highest BCUT2D eigenvalue weighted by Gasteiger charge is 1.99. The highest BCUT2D eigenvalue weighted by molar-refractivity contribution is 5.72. The lowest BCUT2D eigenvalue weighted by Crippen LogP contribution is -1.78. The minimum atomic E-state index is 0.681. The maximum absolute atomic E-state index is 8.34. The highest BCUT2D eigenvalue weighted by Crippen LogP contribution is 2.25. The molecule has 1 rings (SSSR count). The van der Waals surface area contributed by atoms with Gasteiger partial charge in [-0.1, -0.05) is 35.5 Å². The molecule has 0 bridgehead atoms. The summed E-state index contributed by atoms with van der Waals surface area (Å²) in [6.07, 6.45) is 1.99. The molecule has 0 N–H and O–H groups in total. The zero-order chi connectivity index (χ0) is 9.68. The fraction of sp³-hybridized carbons (Fsp3) is 0.200. The lowest BCUT2D eigenvalue weighted by Gasteiger charge is -2.03. The van der Waals surface area contributed by atoms with E-state index in [-0.39, 0.29) is 0 Å². The number of benzene rings is 1. The third-order valence-electron chi connectivity index (χ3n) is 1.91. The summed E-state index contributed by atoms with van der Waals surface area (Å²) in [5.74, 6) is 0. The monoisotopic (exact) mass is 173 g/mol. The summed E-state index contributed by atoms with van der Waals surface area (Å²) in [6.45, 7) is 3.95. The van der Waals surface area contributed by atoms with Crippen LogP contribution in [0.1, 0.15) is 19.4 Å². The number of nitrogens with zero attached hydrogens (tertiary/aromatic N) is 3. The van der Waals surface area contributed by atoms with Gasteiger partial charge in [0.1, 0.15) is 0 Å². The average Bonchev–Trinajstić information content (AvgIpc) is 2.18. The Morgan fingerprint density at radius 3 is 2.77 bits per heavy atom. The van der Waals surface area contributed by atoms with Gasteiger partial charge in [0.15, 0.2) is 0 Å². The fourth-order valence-corrected chi connectivity index (χ4v) is 1.10. The van der Waals surface area contributed by atoms with Crippen LogP contribution in [0.3, 0.4) is 0 Å². The molecule has 0 aromatic heterocycles. The third kappa shape index (κ3) is 2.10. The molecule has 0 aliphatic rings. The normalized spacial score (nSPS) is 10.8. The molecule has 13 heavy (non-hydrogen) atoms. The third-order valence-corrected chi connectivity index (χ3v) is 1.91. The molecule has 0 amide bonds. The van der Waals surface area contributed by atoms with Crippen LogP contribution in [0, 0.1) is 0 Å². The molecule has 0 fully saturated rings. The second-order valence-electron chi connectivity index (χ2n) is 2.68. The quantitative estimate of drug-likeness (QED) is 0.368. The van der Waals surface area contributed by atoms with Crippen LogP contribution in [0.2, 0.25) is 0 Å². The molecule has 0 radical (unpaired) electrons. The molecule has 3 heteroatoms. The highest BCUT2D eigenvalue weighted by atomic mass is 15.1. The molecule has 0 saturated carbocycles. The van der Waals surface area contributed by atoms with Gasteiger partial charge in [0, 0.05) is 10.6 Å². The molecular weight excluding hydrogens is 162 g/mol. The van der Waals surface area contributed by atoms with Crippen LogP contribution in [0.5, 0.6) is 0 Å². The van der Waals surface area contributed by atoms with Crippen LogP contribution in [-0.2, 0) is 0 Å². The molecule has 0 spiro atoms. The van der Waals surface area contributed by atoms with Crippen LogP contribution in [0.4, 0.5) is 5.69 Å². The first-order chi connectivity index (χ1) is 6.29. The summed E-state index contributed by atoms with van der Waals surface area (Å²) in [5, 5.41) is 3.62. The van der Waals surface area contributed by atoms with Crippen molar-refractivity contribution in [1.29, 1.82) is 0 Å². The van der Waals surface area contributed by atoms with Crippen molar-refractivity contribution in [3.8, 4) is 0 Å². The Balaban J connectivity index is 3.27. The van der Waals surface area contributed by atoms with E-state index in [4.69, 9.17) is 5.53 Å². The van der Waals surface area contributed by atoms with Gasteiger partial charge < -0.3 is 0 Å². The number of allylic oxidation sites excluding steroid dienone is 2. The van der Waals surface area contributed by atoms with E-state index >= 15 is 0 Å². The molecule has 3 nitrogen and oxygen atoms in total. The summed E-state index contributed by atoms with van der Waals surface area (Å²) < 4.78 is 0. The predicted molar refractivity (Wildman–Crippen MR) is 54.6 cm³/mol. The van der Waals surface area contributed by atoms with Crippen molar-refractivity contribution in [2.24, 2.45) is 5.11 Å². The number of hydrogen-bond donors (Lipinski definition) is 0. The molecule has 66 valence electrons. The van der Waals surface area contributed by atoms with Crippen LogP contribution < -0.4 is 0 Å². The molecule has 0 atom stereocenters. The van der Waals surface area contributed by atoms with E-state index in [1.165, 1.54) is 0 Å². The van der Waals surface area contributed by atoms with Crippen molar-refractivity contribution in [3.05, 3.63) is 46.3 Å². The van der Waals surface area contributed by atoms with Crippen LogP contribution >= 0.6 is 0 Å². The standard InChI is InChI=1S/C10H11N3/c1-3-8(2)9-6-4-5-7-10(9)12-13-11/h3-7H,1-2H3/b8-3+. The summed E-state index contributed by atoms with van der Waals surface area (Å²) in [6, 6.07) is 7.54. The van der Waals surface area contributed by atoms with E-state index in [2.05, 4.69) is 10.0 Å². The van der Waals surface area contributed by atoms with Gasteiger partial charge in [0.2, 0.25) is 0 Å². The Bertz CT molecular complexity index is 374. The van der Waals surface area contributed by atoms with Crippen LogP contribution in [0.25, 0.3) is 16.0 Å². The van der Waals surface area contributed by atoms with Gasteiger partial charge in [0.05, 0.1) is 0 Å². The Hall–Kier alpha value is -1.73. The Labute approximate surface area is 77.3 Å². The van der Waals surface area contributed by atoms with E-state index < -0.39 is 0 Å². The van der Waals surface area contributed by atoms with E-state index in [9.17, 15) is 0 Å². The smallest absolute Gasteiger partial charge is 0.0450 e. The van der Waals surface area contributed by atoms with Crippen molar-refractivity contribution in [1.82, 2.24) is 0 Å². The maximum Gasteiger partial charge on any atom is 0.0450 e. The molecule has 0 saturated heterocycles. The van der Waals surface area contributed by atoms with E-state index in [0.717, 1.165) is 11.1 Å². The Kier molecular flexibility index (Phi) is 3.12. The Morgan fingerprint density at radius 1 is 1.46 bits per heavy atom. The summed E-state index contributed by atoms with van der Waals surface area (Å²) in [5.41, 5.74) is 11.1. The molecular formula is C10H11N3. The van der Waals surface area contributed by atoms with Crippen molar-refractivity contribution in [3.63, 3.8) is 0 Å². The van der Waals surface area contributed by atoms with Crippen molar-refractivity contribution >= 4 is 11.3 Å². The van der Waals surface area contributed by atoms with E-state index in [1.54, 1.807) is 0 Å². The van der Waals surface area contributed by atoms with Gasteiger partial charge >= 0.3 is 0 Å². The Morgan fingerprint density at radius 2 is 2.15 bits per heavy atom. The molecule has 0 aliphatic carbocycles. The first-order valence-electron chi connectivity index (χ1n) is 4.07. The summed E-state index contributed by atoms with van der Waals surface area (Å²) in [4.78, 5) is 2.78. The molecule has 0 unspecified atom stereocenters. The molecule has 0 heterocycles. The van der Waals surface area contributed by atoms with Gasteiger partial charge in [-0.2, -0.15) is 0 Å². The van der Waals surface area contributed by atoms with Gasteiger partial charge in [0.25, 0.3) is 0 Å². The predicted octanol–water partition coefficient (Wildman–Crippen LogP) is 4.05. The lowest BCUT2D eigenvalue weighted by molar-refractivity contribution is 1.43. The zero-order valence-electron chi connectivity index (χ0n) is 7.73. The fourth-order valence-electron chi connectivity index (χ4n) is 1.10. The maximum atomic E-state index is 8.34. The van der Waals surface area contributed by atoms with Gasteiger partial charge in [-0.05, 0) is 30.5 Å². The SMILES string of the molecule is C/C=C(\C)c1ccccc1N=[N+]=[N-]. The van der Waals surface area contributed by atoms with Crippen LogP contribution in [0.15, 0.2) is 35.5 Å². The second-order valence-corrected chi connectivity index (χ2v) is 2.68. The van der Waals surface area contributed by atoms with Crippen LogP contribution in [-0.4, -0.2) is 0 Å². The van der Waals surface area contributed by atoms with Crippen molar-refractivity contribution in [2.45, 2.75) is 13.8 Å². The molecule has 0 aliphatic heterocycles. The topological polar surface area (TPSA) is 48.8 Å². The number of hydrogen-bond acceptors (Lipinski definition) is 1. The summed E-state index contributed by atoms with van der Waals surface area (Å²) >= 11 is 0.